The normalized spacial score (nSPS) is 10.9. The molecule has 3 nitrogen and oxygen atoms in total. The number of hydrogen-bond donors (Lipinski definition) is 1. The molecular weight excluding hydrogens is 162 g/mol. The van der Waals surface area contributed by atoms with Crippen molar-refractivity contribution in [2.75, 3.05) is 0 Å². The van der Waals surface area contributed by atoms with Crippen molar-refractivity contribution in [2.45, 2.75) is 6.04 Å². The first-order valence-electron chi connectivity index (χ1n) is 2.89. The lowest BCUT2D eigenvalue weighted by atomic mass is 10.1. The highest BCUT2D eigenvalue weighted by Crippen LogP contribution is 2.04. The third-order valence-electron chi connectivity index (χ3n) is 1.18. The molecule has 0 aliphatic carbocycles. The molecule has 2 N–H and O–H groups in total. The third kappa shape index (κ3) is 2.54. The Morgan fingerprint density at radius 1 is 1.64 bits per heavy atom. The molecule has 0 saturated carbocycles. The zero-order chi connectivity index (χ0) is 7.40. The Kier molecular flexibility index (Phi) is 4.20. The molecule has 1 aromatic heterocycles. The van der Waals surface area contributed by atoms with E-state index < -0.39 is 6.04 Å². The molecule has 0 aliphatic heterocycles. The maximum absolute atomic E-state index is 8.39. The number of hydrogen-bond acceptors (Lipinski definition) is 3. The summed E-state index contributed by atoms with van der Waals surface area (Å²) >= 11 is 0. The Hall–Kier alpha value is -1.11. The van der Waals surface area contributed by atoms with E-state index in [1.54, 1.807) is 24.5 Å². The van der Waals surface area contributed by atoms with Crippen LogP contribution >= 0.6 is 12.4 Å². The van der Waals surface area contributed by atoms with E-state index >= 15 is 0 Å². The highest BCUT2D eigenvalue weighted by atomic mass is 35.5. The fourth-order valence-corrected chi connectivity index (χ4v) is 0.634. The van der Waals surface area contributed by atoms with Crippen LogP contribution < -0.4 is 5.73 Å². The molecule has 1 rings (SSSR count). The lowest BCUT2D eigenvalue weighted by molar-refractivity contribution is 0.915. The van der Waals surface area contributed by atoms with E-state index in [0.717, 1.165) is 5.56 Å². The van der Waals surface area contributed by atoms with Gasteiger partial charge in [-0.15, -0.1) is 12.4 Å². The molecule has 4 heteroatoms. The van der Waals surface area contributed by atoms with Gasteiger partial charge >= 0.3 is 0 Å². The Bertz CT molecular complexity index is 242. The molecule has 11 heavy (non-hydrogen) atoms. The number of rotatable bonds is 1. The molecule has 0 spiro atoms. The summed E-state index contributed by atoms with van der Waals surface area (Å²) in [6, 6.07) is 4.91. The van der Waals surface area contributed by atoms with Gasteiger partial charge in [0.1, 0.15) is 6.04 Å². The molecule has 1 heterocycles. The summed E-state index contributed by atoms with van der Waals surface area (Å²) in [7, 11) is 0. The zero-order valence-corrected chi connectivity index (χ0v) is 6.58. The SMILES string of the molecule is Cl.N#CC(N)c1cccnc1. The zero-order valence-electron chi connectivity index (χ0n) is 5.77. The summed E-state index contributed by atoms with van der Waals surface area (Å²) < 4.78 is 0. The number of pyridine rings is 1. The average Bonchev–Trinajstić information content (AvgIpc) is 2.05. The molecule has 1 atom stereocenters. The topological polar surface area (TPSA) is 62.7 Å². The predicted molar refractivity (Wildman–Crippen MR) is 44.0 cm³/mol. The van der Waals surface area contributed by atoms with Crippen LogP contribution in [0.3, 0.4) is 0 Å². The first-order valence-corrected chi connectivity index (χ1v) is 2.89. The molecule has 0 amide bonds. The van der Waals surface area contributed by atoms with Crippen LogP contribution in [0.25, 0.3) is 0 Å². The number of nitrogens with two attached hydrogens (primary N) is 1. The Morgan fingerprint density at radius 3 is 2.82 bits per heavy atom. The minimum absolute atomic E-state index is 0. The first-order chi connectivity index (χ1) is 4.84. The highest BCUT2D eigenvalue weighted by Gasteiger charge is 2.00. The van der Waals surface area contributed by atoms with Crippen molar-refractivity contribution in [1.29, 1.82) is 5.26 Å². The maximum atomic E-state index is 8.39. The molecule has 0 radical (unpaired) electrons. The van der Waals surface area contributed by atoms with Crippen LogP contribution in [-0.4, -0.2) is 4.98 Å². The van der Waals surface area contributed by atoms with Crippen LogP contribution in [0, 0.1) is 11.3 Å². The van der Waals surface area contributed by atoms with Crippen LogP contribution in [0.4, 0.5) is 0 Å². The van der Waals surface area contributed by atoms with E-state index in [0.29, 0.717) is 0 Å². The lowest BCUT2D eigenvalue weighted by Gasteiger charge is -1.98. The van der Waals surface area contributed by atoms with Crippen molar-refractivity contribution in [1.82, 2.24) is 4.98 Å². The van der Waals surface area contributed by atoms with Crippen molar-refractivity contribution >= 4 is 12.4 Å². The monoisotopic (exact) mass is 169 g/mol. The van der Waals surface area contributed by atoms with Gasteiger partial charge in [0.05, 0.1) is 6.07 Å². The highest BCUT2D eigenvalue weighted by molar-refractivity contribution is 5.85. The molecule has 0 saturated heterocycles. The summed E-state index contributed by atoms with van der Waals surface area (Å²) in [5, 5.41) is 8.39. The average molecular weight is 170 g/mol. The summed E-state index contributed by atoms with van der Waals surface area (Å²) in [5.41, 5.74) is 6.15. The van der Waals surface area contributed by atoms with E-state index in [-0.39, 0.29) is 12.4 Å². The smallest absolute Gasteiger partial charge is 0.120 e. The molecule has 0 aliphatic rings. The molecule has 1 unspecified atom stereocenters. The summed E-state index contributed by atoms with van der Waals surface area (Å²) in [6.45, 7) is 0. The van der Waals surface area contributed by atoms with Gasteiger partial charge < -0.3 is 5.73 Å². The summed E-state index contributed by atoms with van der Waals surface area (Å²) in [4.78, 5) is 3.82. The van der Waals surface area contributed by atoms with E-state index in [4.69, 9.17) is 11.0 Å². The molecule has 0 fully saturated rings. The van der Waals surface area contributed by atoms with E-state index in [2.05, 4.69) is 4.98 Å². The fourth-order valence-electron chi connectivity index (χ4n) is 0.634. The fraction of sp³-hybridized carbons (Fsp3) is 0.143. The number of aromatic nitrogens is 1. The summed E-state index contributed by atoms with van der Waals surface area (Å²) in [5.74, 6) is 0. The van der Waals surface area contributed by atoms with Crippen molar-refractivity contribution < 1.29 is 0 Å². The van der Waals surface area contributed by atoms with Gasteiger partial charge in [-0.25, -0.2) is 0 Å². The van der Waals surface area contributed by atoms with Gasteiger partial charge in [-0.2, -0.15) is 5.26 Å². The van der Waals surface area contributed by atoms with Gasteiger partial charge in [0.2, 0.25) is 0 Å². The van der Waals surface area contributed by atoms with Crippen molar-refractivity contribution in [3.8, 4) is 6.07 Å². The quantitative estimate of drug-likeness (QED) is 0.683. The minimum Gasteiger partial charge on any atom is -0.312 e. The van der Waals surface area contributed by atoms with E-state index in [9.17, 15) is 0 Å². The molecule has 58 valence electrons. The first kappa shape index (κ1) is 9.89. The Balaban J connectivity index is 0.000001000. The number of nitrogens with zero attached hydrogens (tertiary/aromatic N) is 2. The van der Waals surface area contributed by atoms with Crippen LogP contribution in [-0.2, 0) is 0 Å². The second kappa shape index (κ2) is 4.67. The minimum atomic E-state index is -0.548. The molecule has 1 aromatic rings. The van der Waals surface area contributed by atoms with Crippen LogP contribution in [0.15, 0.2) is 24.5 Å². The van der Waals surface area contributed by atoms with Crippen molar-refractivity contribution in [2.24, 2.45) is 5.73 Å². The number of halogens is 1. The van der Waals surface area contributed by atoms with Gasteiger partial charge in [0, 0.05) is 18.0 Å². The van der Waals surface area contributed by atoms with Gasteiger partial charge in [-0.3, -0.25) is 4.98 Å². The lowest BCUT2D eigenvalue weighted by Crippen LogP contribution is -2.06. The van der Waals surface area contributed by atoms with Gasteiger partial charge in [0.25, 0.3) is 0 Å². The largest absolute Gasteiger partial charge is 0.312 e. The molecule has 0 aromatic carbocycles. The Morgan fingerprint density at radius 2 is 2.36 bits per heavy atom. The van der Waals surface area contributed by atoms with Crippen LogP contribution in [0.1, 0.15) is 11.6 Å². The molecular formula is C7H8ClN3. The predicted octanol–water partition coefficient (Wildman–Crippen LogP) is 1.03. The van der Waals surface area contributed by atoms with E-state index in [1.165, 1.54) is 0 Å². The van der Waals surface area contributed by atoms with Gasteiger partial charge in [-0.05, 0) is 6.07 Å². The van der Waals surface area contributed by atoms with E-state index in [1.807, 2.05) is 6.07 Å². The third-order valence-corrected chi connectivity index (χ3v) is 1.18. The van der Waals surface area contributed by atoms with Crippen LogP contribution in [0.5, 0.6) is 0 Å². The standard InChI is InChI=1S/C7H7N3.ClH/c8-4-7(9)6-2-1-3-10-5-6;/h1-3,5,7H,9H2;1H. The number of nitriles is 1. The van der Waals surface area contributed by atoms with Gasteiger partial charge in [0.15, 0.2) is 0 Å². The van der Waals surface area contributed by atoms with Crippen molar-refractivity contribution in [3.05, 3.63) is 30.1 Å². The second-order valence-electron chi connectivity index (χ2n) is 1.89. The van der Waals surface area contributed by atoms with Gasteiger partial charge in [-0.1, -0.05) is 6.07 Å². The van der Waals surface area contributed by atoms with Crippen LogP contribution in [0.2, 0.25) is 0 Å². The van der Waals surface area contributed by atoms with Crippen molar-refractivity contribution in [3.63, 3.8) is 0 Å². The Labute approximate surface area is 71.3 Å². The maximum Gasteiger partial charge on any atom is 0.120 e. The second-order valence-corrected chi connectivity index (χ2v) is 1.89. The summed E-state index contributed by atoms with van der Waals surface area (Å²) in [6.07, 6.45) is 3.24. The molecule has 0 bridgehead atoms.